The van der Waals surface area contributed by atoms with Gasteiger partial charge in [0.25, 0.3) is 0 Å². The fraction of sp³-hybridized carbons (Fsp3) is 0.556. The van der Waals surface area contributed by atoms with Gasteiger partial charge in [-0.1, -0.05) is 42.5 Å². The maximum atomic E-state index is 9.03. The first-order chi connectivity index (χ1) is 11.2. The quantitative estimate of drug-likeness (QED) is 0.351. The molecule has 0 fully saturated rings. The van der Waals surface area contributed by atoms with E-state index in [0.29, 0.717) is 13.2 Å². The molecule has 2 N–H and O–H groups in total. The summed E-state index contributed by atoms with van der Waals surface area (Å²) in [7, 11) is 3.22. The van der Waals surface area contributed by atoms with Gasteiger partial charge < -0.3 is 19.4 Å². The molecule has 0 amide bonds. The first-order valence-corrected chi connectivity index (χ1v) is 7.94. The minimum Gasteiger partial charge on any atom is -0.368 e. The van der Waals surface area contributed by atoms with Gasteiger partial charge in [-0.3, -0.25) is 0 Å². The van der Waals surface area contributed by atoms with Crippen LogP contribution >= 0.6 is 0 Å². The molecule has 0 unspecified atom stereocenters. The van der Waals surface area contributed by atoms with E-state index < -0.39 is 6.29 Å². The van der Waals surface area contributed by atoms with Gasteiger partial charge >= 0.3 is 0 Å². The van der Waals surface area contributed by atoms with E-state index in [2.05, 4.69) is 11.6 Å². The van der Waals surface area contributed by atoms with E-state index in [9.17, 15) is 0 Å². The Kier molecular flexibility index (Phi) is 10.5. The lowest BCUT2D eigenvalue weighted by molar-refractivity contribution is -0.189. The molecule has 0 aliphatic heterocycles. The van der Waals surface area contributed by atoms with E-state index in [1.54, 1.807) is 14.2 Å². The van der Waals surface area contributed by atoms with Gasteiger partial charge in [0, 0.05) is 20.8 Å². The molecule has 0 radical (unpaired) electrons. The summed E-state index contributed by atoms with van der Waals surface area (Å²) in [4.78, 5) is 0. The van der Waals surface area contributed by atoms with Gasteiger partial charge in [-0.05, 0) is 31.2 Å². The van der Waals surface area contributed by atoms with Gasteiger partial charge in [-0.15, -0.1) is 0 Å². The van der Waals surface area contributed by atoms with Gasteiger partial charge in [0.05, 0.1) is 6.61 Å². The van der Waals surface area contributed by atoms with Crippen molar-refractivity contribution in [1.29, 1.82) is 0 Å². The Morgan fingerprint density at radius 2 is 1.87 bits per heavy atom. The largest absolute Gasteiger partial charge is 0.368 e. The van der Waals surface area contributed by atoms with Gasteiger partial charge in [0.2, 0.25) is 0 Å². The number of hydrogen-bond acceptors (Lipinski definition) is 5. The summed E-state index contributed by atoms with van der Waals surface area (Å²) in [6.45, 7) is 2.98. The molecule has 2 atom stereocenters. The second-order valence-corrected chi connectivity index (χ2v) is 5.44. The topological polar surface area (TPSA) is 60.0 Å². The molecule has 0 heterocycles. The number of nitrogens with one attached hydrogen (secondary N) is 1. The highest BCUT2D eigenvalue weighted by Crippen LogP contribution is 2.20. The molecule has 5 heteroatoms. The molecule has 0 aliphatic rings. The van der Waals surface area contributed by atoms with Crippen molar-refractivity contribution in [3.8, 4) is 0 Å². The zero-order chi connectivity index (χ0) is 16.9. The molecule has 1 aromatic rings. The summed E-state index contributed by atoms with van der Waals surface area (Å²) in [5.41, 5.74) is 3.37. The molecule has 0 bridgehead atoms. The third-order valence-corrected chi connectivity index (χ3v) is 3.73. The molecule has 23 heavy (non-hydrogen) atoms. The van der Waals surface area contributed by atoms with Crippen molar-refractivity contribution in [3.05, 3.63) is 48.0 Å². The van der Waals surface area contributed by atoms with E-state index in [4.69, 9.17) is 19.4 Å². The second kappa shape index (κ2) is 12.2. The molecule has 130 valence electrons. The van der Waals surface area contributed by atoms with Crippen LogP contribution in [-0.2, 0) is 20.8 Å². The van der Waals surface area contributed by atoms with Crippen molar-refractivity contribution >= 4 is 0 Å². The Morgan fingerprint density at radius 1 is 1.17 bits per heavy atom. The first-order valence-electron chi connectivity index (χ1n) is 7.94. The number of benzene rings is 1. The highest BCUT2D eigenvalue weighted by molar-refractivity contribution is 5.13. The smallest absolute Gasteiger partial charge is 0.183 e. The van der Waals surface area contributed by atoms with Crippen molar-refractivity contribution in [2.24, 2.45) is 5.92 Å². The molecule has 0 spiro atoms. The number of hydroxylamine groups is 1. The molecule has 1 aromatic carbocycles. The summed E-state index contributed by atoms with van der Waals surface area (Å²) in [5, 5.41) is 9.03. The average molecular weight is 323 g/mol. The fourth-order valence-electron chi connectivity index (χ4n) is 2.48. The summed E-state index contributed by atoms with van der Waals surface area (Å²) in [5.74, 6) is 0.227. The SMILES string of the molecule is C/C=C/C[C@H](CNO)C[C@H](OCc1ccccc1)C(OC)OC. The Labute approximate surface area is 139 Å². The summed E-state index contributed by atoms with van der Waals surface area (Å²) in [6.07, 6.45) is 5.02. The highest BCUT2D eigenvalue weighted by Gasteiger charge is 2.25. The van der Waals surface area contributed by atoms with Crippen molar-refractivity contribution in [3.63, 3.8) is 0 Å². The summed E-state index contributed by atoms with van der Waals surface area (Å²) in [6, 6.07) is 10.0. The Hall–Kier alpha value is -1.24. The Morgan fingerprint density at radius 3 is 2.43 bits per heavy atom. The van der Waals surface area contributed by atoms with E-state index in [-0.39, 0.29) is 12.0 Å². The Bertz CT molecular complexity index is 420. The molecule has 0 saturated carbocycles. The minimum atomic E-state index is -0.439. The molecule has 0 aromatic heterocycles. The van der Waals surface area contributed by atoms with E-state index >= 15 is 0 Å². The third kappa shape index (κ3) is 7.72. The number of methoxy groups -OCH3 is 2. The van der Waals surface area contributed by atoms with Crippen LogP contribution in [0.4, 0.5) is 0 Å². The average Bonchev–Trinajstić information content (AvgIpc) is 2.59. The van der Waals surface area contributed by atoms with Gasteiger partial charge in [-0.25, -0.2) is 5.48 Å². The van der Waals surface area contributed by atoms with Gasteiger partial charge in [0.15, 0.2) is 6.29 Å². The molecule has 0 saturated heterocycles. The van der Waals surface area contributed by atoms with Crippen molar-refractivity contribution < 1.29 is 19.4 Å². The lowest BCUT2D eigenvalue weighted by Crippen LogP contribution is -2.36. The fourth-order valence-corrected chi connectivity index (χ4v) is 2.48. The van der Waals surface area contributed by atoms with E-state index in [0.717, 1.165) is 18.4 Å². The molecule has 1 rings (SSSR count). The lowest BCUT2D eigenvalue weighted by atomic mass is 9.97. The van der Waals surface area contributed by atoms with Crippen LogP contribution in [0.1, 0.15) is 25.3 Å². The number of allylic oxidation sites excluding steroid dienone is 2. The summed E-state index contributed by atoms with van der Waals surface area (Å²) < 4.78 is 16.8. The zero-order valence-electron chi connectivity index (χ0n) is 14.3. The molecule has 5 nitrogen and oxygen atoms in total. The molecule has 0 aliphatic carbocycles. The van der Waals surface area contributed by atoms with E-state index in [1.807, 2.05) is 43.3 Å². The van der Waals surface area contributed by atoms with Gasteiger partial charge in [0.1, 0.15) is 6.10 Å². The second-order valence-electron chi connectivity index (χ2n) is 5.44. The molecular formula is C18H29NO4. The van der Waals surface area contributed by atoms with Crippen LogP contribution in [0.2, 0.25) is 0 Å². The monoisotopic (exact) mass is 323 g/mol. The maximum Gasteiger partial charge on any atom is 0.183 e. The third-order valence-electron chi connectivity index (χ3n) is 3.73. The normalized spacial score (nSPS) is 14.5. The van der Waals surface area contributed by atoms with Crippen LogP contribution in [0.15, 0.2) is 42.5 Å². The predicted molar refractivity (Wildman–Crippen MR) is 90.2 cm³/mol. The zero-order valence-corrected chi connectivity index (χ0v) is 14.3. The van der Waals surface area contributed by atoms with Crippen molar-refractivity contribution in [1.82, 2.24) is 5.48 Å². The predicted octanol–water partition coefficient (Wildman–Crippen LogP) is 3.14. The van der Waals surface area contributed by atoms with Crippen molar-refractivity contribution in [2.45, 2.75) is 38.8 Å². The van der Waals surface area contributed by atoms with Crippen molar-refractivity contribution in [2.75, 3.05) is 20.8 Å². The lowest BCUT2D eigenvalue weighted by Gasteiger charge is -2.28. The van der Waals surface area contributed by atoms with Gasteiger partial charge in [-0.2, -0.15) is 0 Å². The standard InChI is InChI=1S/C18H29NO4/c1-4-5-9-16(13-19-20)12-17(18(21-2)22-3)23-14-15-10-7-6-8-11-15/h4-8,10-11,16-20H,9,12-14H2,1-3H3/b5-4+/t16-,17-/m0/s1. The van der Waals surface area contributed by atoms with Crippen LogP contribution in [0.25, 0.3) is 0 Å². The van der Waals surface area contributed by atoms with Crippen LogP contribution in [0.5, 0.6) is 0 Å². The Balaban J connectivity index is 2.69. The maximum absolute atomic E-state index is 9.03. The number of rotatable bonds is 12. The van der Waals surface area contributed by atoms with Crippen LogP contribution < -0.4 is 5.48 Å². The van der Waals surface area contributed by atoms with Crippen LogP contribution in [0.3, 0.4) is 0 Å². The van der Waals surface area contributed by atoms with Crippen LogP contribution in [-0.4, -0.2) is 38.4 Å². The van der Waals surface area contributed by atoms with Crippen LogP contribution in [0, 0.1) is 5.92 Å². The highest BCUT2D eigenvalue weighted by atomic mass is 16.7. The molecular weight excluding hydrogens is 294 g/mol. The van der Waals surface area contributed by atoms with E-state index in [1.165, 1.54) is 0 Å². The summed E-state index contributed by atoms with van der Waals surface area (Å²) >= 11 is 0. The minimum absolute atomic E-state index is 0.214. The number of hydrogen-bond donors (Lipinski definition) is 2. The number of ether oxygens (including phenoxy) is 3. The first kappa shape index (κ1) is 19.8.